The zero-order valence-electron chi connectivity index (χ0n) is 7.07. The summed E-state index contributed by atoms with van der Waals surface area (Å²) in [7, 11) is -2.74. The van der Waals surface area contributed by atoms with Crippen LogP contribution >= 0.6 is 0 Å². The minimum absolute atomic E-state index is 0.354. The van der Waals surface area contributed by atoms with E-state index in [2.05, 4.69) is 10.4 Å². The van der Waals surface area contributed by atoms with Gasteiger partial charge in [0.05, 0.1) is 0 Å². The van der Waals surface area contributed by atoms with Gasteiger partial charge in [-0.1, -0.05) is 0 Å². The van der Waals surface area contributed by atoms with Crippen LogP contribution in [0.15, 0.2) is 4.99 Å². The van der Waals surface area contributed by atoms with Crippen LogP contribution in [0.3, 0.4) is 0 Å². The minimum atomic E-state index is -4.21. The smallest absolute Gasteiger partial charge is 0.282 e. The minimum Gasteiger partial charge on any atom is -0.282 e. The van der Waals surface area contributed by atoms with Crippen molar-refractivity contribution < 1.29 is 13.0 Å². The van der Waals surface area contributed by atoms with Gasteiger partial charge < -0.3 is 0 Å². The number of amidine groups is 1. The molecule has 0 aromatic heterocycles. The van der Waals surface area contributed by atoms with Gasteiger partial charge >= 0.3 is 10.1 Å². The Labute approximate surface area is 71.0 Å². The summed E-state index contributed by atoms with van der Waals surface area (Å²) in [5.41, 5.74) is 2.06. The highest BCUT2D eigenvalue weighted by Crippen LogP contribution is 2.14. The van der Waals surface area contributed by atoms with Gasteiger partial charge in [-0.3, -0.25) is 9.56 Å². The summed E-state index contributed by atoms with van der Waals surface area (Å²) in [6.45, 7) is 3.39. The normalized spacial score (nSPS) is 22.7. The van der Waals surface area contributed by atoms with E-state index in [1.165, 1.54) is 12.1 Å². The lowest BCUT2D eigenvalue weighted by atomic mass is 10.3. The van der Waals surface area contributed by atoms with Gasteiger partial charge in [0.2, 0.25) is 0 Å². The maximum Gasteiger partial charge on any atom is 0.329 e. The predicted octanol–water partition coefficient (Wildman–Crippen LogP) is -0.584. The zero-order chi connectivity index (χ0) is 9.57. The summed E-state index contributed by atoms with van der Waals surface area (Å²) in [5.74, 6) is 0. The van der Waals surface area contributed by atoms with Crippen LogP contribution in [0.2, 0.25) is 0 Å². The standard InChI is InChI=1S/C5H11N3O3S/c1-5(2)6-4(8(3)7-5)12(9,10)11/h7H,1-3H3,(H,9,10,11). The second-order valence-corrected chi connectivity index (χ2v) is 4.41. The van der Waals surface area contributed by atoms with Crippen molar-refractivity contribution in [2.75, 3.05) is 7.05 Å². The summed E-state index contributed by atoms with van der Waals surface area (Å²) in [4.78, 5) is 3.77. The molecule has 2 N–H and O–H groups in total. The van der Waals surface area contributed by atoms with Gasteiger partial charge in [-0.05, 0) is 13.8 Å². The summed E-state index contributed by atoms with van der Waals surface area (Å²) < 4.78 is 30.0. The molecule has 0 unspecified atom stereocenters. The maximum atomic E-state index is 10.7. The zero-order valence-corrected chi connectivity index (χ0v) is 7.88. The molecule has 0 atom stereocenters. The molecule has 0 amide bonds. The van der Waals surface area contributed by atoms with Gasteiger partial charge in [0.25, 0.3) is 5.17 Å². The molecule has 0 spiro atoms. The number of hydrogen-bond donors (Lipinski definition) is 2. The molecule has 0 bridgehead atoms. The van der Waals surface area contributed by atoms with Crippen molar-refractivity contribution in [2.45, 2.75) is 19.5 Å². The van der Waals surface area contributed by atoms with Crippen LogP contribution in [0.25, 0.3) is 0 Å². The second kappa shape index (κ2) is 2.41. The Morgan fingerprint density at radius 1 is 1.58 bits per heavy atom. The van der Waals surface area contributed by atoms with Crippen LogP contribution in [0.4, 0.5) is 0 Å². The van der Waals surface area contributed by atoms with E-state index < -0.39 is 15.8 Å². The summed E-state index contributed by atoms with van der Waals surface area (Å²) in [5, 5.41) is 0.822. The van der Waals surface area contributed by atoms with Crippen molar-refractivity contribution >= 4 is 15.3 Å². The molecule has 0 aromatic carbocycles. The van der Waals surface area contributed by atoms with Crippen molar-refractivity contribution in [1.82, 2.24) is 10.4 Å². The first-order valence-corrected chi connectivity index (χ1v) is 4.75. The van der Waals surface area contributed by atoms with Crippen LogP contribution in [0.5, 0.6) is 0 Å². The summed E-state index contributed by atoms with van der Waals surface area (Å²) >= 11 is 0. The molecule has 0 aliphatic carbocycles. The third kappa shape index (κ3) is 1.74. The highest BCUT2D eigenvalue weighted by Gasteiger charge is 2.34. The Kier molecular flexibility index (Phi) is 1.89. The lowest BCUT2D eigenvalue weighted by Crippen LogP contribution is -2.43. The Morgan fingerprint density at radius 2 is 2.08 bits per heavy atom. The lowest BCUT2D eigenvalue weighted by Gasteiger charge is -2.18. The fourth-order valence-corrected chi connectivity index (χ4v) is 1.76. The highest BCUT2D eigenvalue weighted by atomic mass is 32.2. The van der Waals surface area contributed by atoms with E-state index in [1.807, 2.05) is 0 Å². The van der Waals surface area contributed by atoms with Crippen molar-refractivity contribution in [3.63, 3.8) is 0 Å². The molecule has 0 radical (unpaired) electrons. The number of aliphatic imine (C=N–C) groups is 1. The number of nitrogens with one attached hydrogen (secondary N) is 1. The summed E-state index contributed by atoms with van der Waals surface area (Å²) in [6.07, 6.45) is 0. The Bertz CT molecular complexity index is 319. The number of hydrogen-bond acceptors (Lipinski definition) is 5. The highest BCUT2D eigenvalue weighted by molar-refractivity contribution is 8.01. The van der Waals surface area contributed by atoms with Crippen LogP contribution in [-0.4, -0.2) is 35.9 Å². The fraction of sp³-hybridized carbons (Fsp3) is 0.800. The molecule has 1 heterocycles. The van der Waals surface area contributed by atoms with E-state index in [4.69, 9.17) is 4.55 Å². The molecule has 1 aliphatic rings. The third-order valence-corrected chi connectivity index (χ3v) is 2.16. The molecule has 7 heteroatoms. The molecule has 12 heavy (non-hydrogen) atoms. The quantitative estimate of drug-likeness (QED) is 0.503. The largest absolute Gasteiger partial charge is 0.329 e. The molecule has 1 aliphatic heterocycles. The molecular weight excluding hydrogens is 182 g/mol. The Morgan fingerprint density at radius 3 is 2.25 bits per heavy atom. The molecule has 6 nitrogen and oxygen atoms in total. The average molecular weight is 193 g/mol. The molecule has 1 rings (SSSR count). The second-order valence-electron chi connectivity index (χ2n) is 3.10. The van der Waals surface area contributed by atoms with Crippen LogP contribution < -0.4 is 5.43 Å². The van der Waals surface area contributed by atoms with E-state index >= 15 is 0 Å². The molecule has 0 fully saturated rings. The molecule has 0 saturated carbocycles. The van der Waals surface area contributed by atoms with E-state index in [9.17, 15) is 8.42 Å². The predicted molar refractivity (Wildman–Crippen MR) is 44.0 cm³/mol. The first kappa shape index (κ1) is 9.43. The van der Waals surface area contributed by atoms with E-state index in [0.717, 1.165) is 0 Å². The fourth-order valence-electron chi connectivity index (χ4n) is 1.03. The molecule has 0 aromatic rings. The van der Waals surface area contributed by atoms with E-state index in [0.29, 0.717) is 0 Å². The number of nitrogens with zero attached hydrogens (tertiary/aromatic N) is 2. The van der Waals surface area contributed by atoms with Crippen molar-refractivity contribution in [3.05, 3.63) is 0 Å². The van der Waals surface area contributed by atoms with Crippen molar-refractivity contribution in [1.29, 1.82) is 0 Å². The van der Waals surface area contributed by atoms with Gasteiger partial charge in [0.15, 0.2) is 0 Å². The Hall–Kier alpha value is -0.660. The van der Waals surface area contributed by atoms with Crippen LogP contribution in [0.1, 0.15) is 13.8 Å². The van der Waals surface area contributed by atoms with Crippen LogP contribution in [0, 0.1) is 0 Å². The first-order chi connectivity index (χ1) is 5.22. The van der Waals surface area contributed by atoms with Crippen LogP contribution in [-0.2, 0) is 10.1 Å². The first-order valence-electron chi connectivity index (χ1n) is 3.31. The van der Waals surface area contributed by atoms with Gasteiger partial charge in [0.1, 0.15) is 5.66 Å². The van der Waals surface area contributed by atoms with Gasteiger partial charge in [-0.25, -0.2) is 10.4 Å². The Balaban J connectivity index is 3.09. The number of hydrazine groups is 1. The average Bonchev–Trinajstić information content (AvgIpc) is 2.03. The van der Waals surface area contributed by atoms with Crippen molar-refractivity contribution in [3.8, 4) is 0 Å². The van der Waals surface area contributed by atoms with Gasteiger partial charge in [-0.15, -0.1) is 0 Å². The van der Waals surface area contributed by atoms with Crippen molar-refractivity contribution in [2.24, 2.45) is 4.99 Å². The van der Waals surface area contributed by atoms with Gasteiger partial charge in [-0.2, -0.15) is 8.42 Å². The van der Waals surface area contributed by atoms with E-state index in [1.54, 1.807) is 13.8 Å². The third-order valence-electron chi connectivity index (χ3n) is 1.33. The lowest BCUT2D eigenvalue weighted by molar-refractivity contribution is 0.283. The molecule has 0 saturated heterocycles. The monoisotopic (exact) mass is 193 g/mol. The molecule has 70 valence electrons. The van der Waals surface area contributed by atoms with Gasteiger partial charge in [0, 0.05) is 7.05 Å². The number of rotatable bonds is 0. The maximum absolute atomic E-state index is 10.7. The molecular formula is C5H11N3O3S. The van der Waals surface area contributed by atoms with E-state index in [-0.39, 0.29) is 5.17 Å². The SMILES string of the molecule is CN1NC(C)(C)N=C1S(=O)(=O)O. The summed E-state index contributed by atoms with van der Waals surface area (Å²) in [6, 6.07) is 0. The topological polar surface area (TPSA) is 82.0 Å².